The van der Waals surface area contributed by atoms with Crippen molar-refractivity contribution in [1.82, 2.24) is 19.6 Å². The minimum atomic E-state index is -1.52. The Hall–Kier alpha value is -1.60. The molecule has 0 spiro atoms. The molecule has 0 saturated heterocycles. The molecule has 0 aliphatic rings. The van der Waals surface area contributed by atoms with Crippen LogP contribution in [0.2, 0.25) is 0 Å². The van der Waals surface area contributed by atoms with Crippen molar-refractivity contribution in [3.63, 3.8) is 0 Å². The molecule has 0 unspecified atom stereocenters. The Kier molecular flexibility index (Phi) is 2.80. The summed E-state index contributed by atoms with van der Waals surface area (Å²) in [5, 5.41) is 26.1. The van der Waals surface area contributed by atoms with Gasteiger partial charge in [0, 0.05) is 13.2 Å². The maximum Gasteiger partial charge on any atom is 0.510 e. The molecule has 0 aromatic carbocycles. The first-order valence-corrected chi connectivity index (χ1v) is 4.95. The summed E-state index contributed by atoms with van der Waals surface area (Å²) >= 11 is 0. The molecule has 0 atom stereocenters. The van der Waals surface area contributed by atoms with E-state index in [1.165, 1.54) is 0 Å². The number of rotatable bonds is 3. The fraction of sp³-hybridized carbons (Fsp3) is 0.333. The van der Waals surface area contributed by atoms with E-state index in [2.05, 4.69) is 10.2 Å². The van der Waals surface area contributed by atoms with Gasteiger partial charge in [0.15, 0.2) is 0 Å². The van der Waals surface area contributed by atoms with E-state index in [-0.39, 0.29) is 5.59 Å². The first kappa shape index (κ1) is 10.9. The summed E-state index contributed by atoms with van der Waals surface area (Å²) < 4.78 is 3.43. The number of aryl methyl sites for hydroxylation is 2. The second-order valence-electron chi connectivity index (χ2n) is 3.71. The van der Waals surface area contributed by atoms with Gasteiger partial charge in [-0.15, -0.1) is 0 Å². The Morgan fingerprint density at radius 1 is 1.38 bits per heavy atom. The average Bonchev–Trinajstić information content (AvgIpc) is 2.75. The van der Waals surface area contributed by atoms with E-state index in [9.17, 15) is 0 Å². The van der Waals surface area contributed by atoms with Gasteiger partial charge in [-0.25, -0.2) is 0 Å². The number of nitrogens with zero attached hydrogens (tertiary/aromatic N) is 4. The third-order valence-corrected chi connectivity index (χ3v) is 2.35. The lowest BCUT2D eigenvalue weighted by molar-refractivity contribution is 0.423. The van der Waals surface area contributed by atoms with Gasteiger partial charge in [0.2, 0.25) is 0 Å². The summed E-state index contributed by atoms with van der Waals surface area (Å²) in [6.07, 6.45) is 1.71. The van der Waals surface area contributed by atoms with Gasteiger partial charge in [0.1, 0.15) is 0 Å². The molecular weight excluding hydrogens is 207 g/mol. The summed E-state index contributed by atoms with van der Waals surface area (Å²) in [5.41, 5.74) is 2.21. The van der Waals surface area contributed by atoms with Gasteiger partial charge in [0.05, 0.1) is 23.5 Å². The van der Waals surface area contributed by atoms with Crippen LogP contribution in [0.5, 0.6) is 0 Å². The van der Waals surface area contributed by atoms with E-state index in [1.54, 1.807) is 21.6 Å². The van der Waals surface area contributed by atoms with E-state index >= 15 is 0 Å². The van der Waals surface area contributed by atoms with E-state index in [0.717, 1.165) is 11.4 Å². The standard InChI is InChI=1S/C9H13BN4O2/c1-7-5-8(13(2)11-7)6-14-4-3-9(12-14)10(15)16/h3-5,15-16H,6H2,1-2H3. The van der Waals surface area contributed by atoms with Crippen LogP contribution in [0.1, 0.15) is 11.4 Å². The molecule has 0 bridgehead atoms. The highest BCUT2D eigenvalue weighted by molar-refractivity contribution is 6.57. The molecule has 0 aliphatic carbocycles. The third-order valence-electron chi connectivity index (χ3n) is 2.35. The lowest BCUT2D eigenvalue weighted by Gasteiger charge is -2.01. The zero-order chi connectivity index (χ0) is 11.7. The first-order chi connectivity index (χ1) is 7.56. The van der Waals surface area contributed by atoms with E-state index in [4.69, 9.17) is 10.0 Å². The second-order valence-corrected chi connectivity index (χ2v) is 3.71. The van der Waals surface area contributed by atoms with Gasteiger partial charge in [-0.3, -0.25) is 9.36 Å². The van der Waals surface area contributed by atoms with Crippen LogP contribution in [-0.4, -0.2) is 36.7 Å². The lowest BCUT2D eigenvalue weighted by Crippen LogP contribution is -2.31. The smallest absolute Gasteiger partial charge is 0.422 e. The lowest BCUT2D eigenvalue weighted by atomic mass is 9.87. The Bertz CT molecular complexity index is 491. The Morgan fingerprint density at radius 2 is 2.12 bits per heavy atom. The molecular formula is C9H13BN4O2. The minimum Gasteiger partial charge on any atom is -0.422 e. The van der Waals surface area contributed by atoms with E-state index in [1.807, 2.05) is 20.0 Å². The molecule has 2 N–H and O–H groups in total. The van der Waals surface area contributed by atoms with Gasteiger partial charge >= 0.3 is 7.12 Å². The van der Waals surface area contributed by atoms with Gasteiger partial charge in [-0.1, -0.05) is 0 Å². The van der Waals surface area contributed by atoms with Crippen LogP contribution in [0.15, 0.2) is 18.3 Å². The molecule has 0 aliphatic heterocycles. The van der Waals surface area contributed by atoms with Crippen molar-refractivity contribution in [2.45, 2.75) is 13.5 Å². The minimum absolute atomic E-state index is 0.249. The maximum atomic E-state index is 8.92. The molecule has 0 radical (unpaired) electrons. The largest absolute Gasteiger partial charge is 0.510 e. The average molecular weight is 220 g/mol. The van der Waals surface area contributed by atoms with Crippen LogP contribution < -0.4 is 5.59 Å². The van der Waals surface area contributed by atoms with Crippen LogP contribution in [0.25, 0.3) is 0 Å². The fourth-order valence-electron chi connectivity index (χ4n) is 1.58. The summed E-state index contributed by atoms with van der Waals surface area (Å²) in [4.78, 5) is 0. The van der Waals surface area contributed by atoms with E-state index < -0.39 is 7.12 Å². The van der Waals surface area contributed by atoms with Crippen LogP contribution >= 0.6 is 0 Å². The van der Waals surface area contributed by atoms with Gasteiger partial charge in [0.25, 0.3) is 0 Å². The first-order valence-electron chi connectivity index (χ1n) is 4.95. The quantitative estimate of drug-likeness (QED) is 0.627. The van der Waals surface area contributed by atoms with Crippen LogP contribution in [0.4, 0.5) is 0 Å². The van der Waals surface area contributed by atoms with Crippen molar-refractivity contribution in [3.8, 4) is 0 Å². The molecule has 7 heteroatoms. The van der Waals surface area contributed by atoms with Crippen molar-refractivity contribution in [3.05, 3.63) is 29.7 Å². The summed E-state index contributed by atoms with van der Waals surface area (Å²) in [6, 6.07) is 3.55. The maximum absolute atomic E-state index is 8.92. The summed E-state index contributed by atoms with van der Waals surface area (Å²) in [7, 11) is 0.350. The summed E-state index contributed by atoms with van der Waals surface area (Å²) in [6.45, 7) is 2.49. The number of aromatic nitrogens is 4. The summed E-state index contributed by atoms with van der Waals surface area (Å²) in [5.74, 6) is 0. The molecule has 2 heterocycles. The molecule has 2 aromatic rings. The highest BCUT2D eigenvalue weighted by Crippen LogP contribution is 2.03. The highest BCUT2D eigenvalue weighted by atomic mass is 16.4. The SMILES string of the molecule is Cc1cc(Cn2ccc(B(O)O)n2)n(C)n1. The van der Waals surface area contributed by atoms with Crippen molar-refractivity contribution in [1.29, 1.82) is 0 Å². The molecule has 16 heavy (non-hydrogen) atoms. The number of hydrogen-bond acceptors (Lipinski definition) is 4. The molecule has 0 saturated carbocycles. The highest BCUT2D eigenvalue weighted by Gasteiger charge is 2.14. The van der Waals surface area contributed by atoms with Crippen molar-refractivity contribution < 1.29 is 10.0 Å². The number of hydrogen-bond donors (Lipinski definition) is 2. The zero-order valence-corrected chi connectivity index (χ0v) is 9.20. The van der Waals surface area contributed by atoms with Gasteiger partial charge in [-0.2, -0.15) is 10.2 Å². The van der Waals surface area contributed by atoms with Crippen molar-refractivity contribution in [2.75, 3.05) is 0 Å². The third kappa shape index (κ3) is 2.15. The van der Waals surface area contributed by atoms with Crippen molar-refractivity contribution in [2.24, 2.45) is 7.05 Å². The molecule has 2 aromatic heterocycles. The molecule has 0 fully saturated rings. The normalized spacial score (nSPS) is 10.8. The molecule has 84 valence electrons. The topological polar surface area (TPSA) is 76.1 Å². The van der Waals surface area contributed by atoms with Gasteiger partial charge < -0.3 is 10.0 Å². The Labute approximate surface area is 93.3 Å². The van der Waals surface area contributed by atoms with Crippen molar-refractivity contribution >= 4 is 12.7 Å². The van der Waals surface area contributed by atoms with E-state index in [0.29, 0.717) is 6.54 Å². The predicted octanol–water partition coefficient (Wildman–Crippen LogP) is -1.35. The second kappa shape index (κ2) is 4.11. The van der Waals surface area contributed by atoms with Crippen LogP contribution in [0.3, 0.4) is 0 Å². The molecule has 0 amide bonds. The predicted molar refractivity (Wildman–Crippen MR) is 59.1 cm³/mol. The fourth-order valence-corrected chi connectivity index (χ4v) is 1.58. The van der Waals surface area contributed by atoms with Gasteiger partial charge in [-0.05, 0) is 19.1 Å². The molecule has 2 rings (SSSR count). The monoisotopic (exact) mass is 220 g/mol. The van der Waals surface area contributed by atoms with Crippen LogP contribution in [-0.2, 0) is 13.6 Å². The van der Waals surface area contributed by atoms with Crippen LogP contribution in [0, 0.1) is 6.92 Å². The molecule has 6 nitrogen and oxygen atoms in total. The zero-order valence-electron chi connectivity index (χ0n) is 9.20. The Morgan fingerprint density at radius 3 is 2.62 bits per heavy atom. The Balaban J connectivity index is 2.17.